The molecule has 0 aliphatic carbocycles. The van der Waals surface area contributed by atoms with Crippen molar-refractivity contribution in [2.24, 2.45) is 5.10 Å². The van der Waals surface area contributed by atoms with Crippen molar-refractivity contribution in [1.82, 2.24) is 5.01 Å². The van der Waals surface area contributed by atoms with Gasteiger partial charge in [-0.15, -0.1) is 5.10 Å². The molecule has 5 heteroatoms. The molecule has 3 rings (SSSR count). The summed E-state index contributed by atoms with van der Waals surface area (Å²) in [5.41, 5.74) is 2.92. The van der Waals surface area contributed by atoms with Gasteiger partial charge in [0.15, 0.2) is 0 Å². The summed E-state index contributed by atoms with van der Waals surface area (Å²) >= 11 is 5.92. The van der Waals surface area contributed by atoms with Crippen molar-refractivity contribution >= 4 is 23.4 Å². The SMILES string of the molecule is CC(=O)N1N=C(c2ccc(Cl)cc2)O[C@@H]1c1ccc(C(C)C)cc1. The lowest BCUT2D eigenvalue weighted by atomic mass is 10.0. The maximum atomic E-state index is 12.0. The highest BCUT2D eigenvalue weighted by molar-refractivity contribution is 6.30. The lowest BCUT2D eigenvalue weighted by Crippen LogP contribution is -2.25. The Balaban J connectivity index is 1.89. The van der Waals surface area contributed by atoms with Crippen molar-refractivity contribution in [3.63, 3.8) is 0 Å². The number of carbonyl (C=O) groups is 1. The van der Waals surface area contributed by atoms with E-state index in [-0.39, 0.29) is 5.91 Å². The van der Waals surface area contributed by atoms with Crippen LogP contribution in [0.25, 0.3) is 0 Å². The first-order valence-corrected chi connectivity index (χ1v) is 8.24. The third-order valence-electron chi connectivity index (χ3n) is 3.95. The van der Waals surface area contributed by atoms with Crippen LogP contribution in [0.2, 0.25) is 5.02 Å². The predicted octanol–water partition coefficient (Wildman–Crippen LogP) is 4.70. The van der Waals surface area contributed by atoms with Gasteiger partial charge in [0.05, 0.1) is 0 Å². The highest BCUT2D eigenvalue weighted by Crippen LogP contribution is 2.31. The normalized spacial score (nSPS) is 17.0. The second-order valence-corrected chi connectivity index (χ2v) is 6.50. The second-order valence-electron chi connectivity index (χ2n) is 6.07. The van der Waals surface area contributed by atoms with Crippen molar-refractivity contribution in [1.29, 1.82) is 0 Å². The van der Waals surface area contributed by atoms with Crippen LogP contribution in [-0.4, -0.2) is 16.8 Å². The Morgan fingerprint density at radius 3 is 2.29 bits per heavy atom. The van der Waals surface area contributed by atoms with Crippen molar-refractivity contribution in [2.45, 2.75) is 32.9 Å². The Morgan fingerprint density at radius 1 is 1.12 bits per heavy atom. The van der Waals surface area contributed by atoms with E-state index in [9.17, 15) is 4.79 Å². The smallest absolute Gasteiger partial charge is 0.243 e. The van der Waals surface area contributed by atoms with Crippen molar-refractivity contribution in [2.75, 3.05) is 0 Å². The van der Waals surface area contributed by atoms with E-state index < -0.39 is 6.23 Å². The molecule has 0 aromatic heterocycles. The summed E-state index contributed by atoms with van der Waals surface area (Å²) in [5.74, 6) is 0.699. The summed E-state index contributed by atoms with van der Waals surface area (Å²) in [7, 11) is 0. The average molecular weight is 343 g/mol. The van der Waals surface area contributed by atoms with Crippen LogP contribution in [0, 0.1) is 0 Å². The number of ether oxygens (including phenoxy) is 1. The third-order valence-corrected chi connectivity index (χ3v) is 4.20. The molecule has 4 nitrogen and oxygen atoms in total. The summed E-state index contributed by atoms with van der Waals surface area (Å²) < 4.78 is 5.96. The van der Waals surface area contributed by atoms with E-state index in [1.165, 1.54) is 17.5 Å². The van der Waals surface area contributed by atoms with Gasteiger partial charge in [0.1, 0.15) is 0 Å². The highest BCUT2D eigenvalue weighted by atomic mass is 35.5. The number of benzene rings is 2. The minimum absolute atomic E-state index is 0.170. The molecule has 24 heavy (non-hydrogen) atoms. The number of nitrogens with zero attached hydrogens (tertiary/aromatic N) is 2. The Hall–Kier alpha value is -2.33. The average Bonchev–Trinajstić information content (AvgIpc) is 3.01. The molecular formula is C19H19ClN2O2. The summed E-state index contributed by atoms with van der Waals surface area (Å²) in [5, 5.41) is 6.35. The van der Waals surface area contributed by atoms with Crippen molar-refractivity contribution in [3.05, 3.63) is 70.2 Å². The van der Waals surface area contributed by atoms with Gasteiger partial charge in [-0.05, 0) is 35.7 Å². The number of carbonyl (C=O) groups excluding carboxylic acids is 1. The predicted molar refractivity (Wildman–Crippen MR) is 94.9 cm³/mol. The summed E-state index contributed by atoms with van der Waals surface area (Å²) in [6, 6.07) is 15.3. The van der Waals surface area contributed by atoms with Gasteiger partial charge in [0.2, 0.25) is 18.0 Å². The molecule has 0 fully saturated rings. The molecule has 1 heterocycles. The Morgan fingerprint density at radius 2 is 1.75 bits per heavy atom. The number of hydrazone groups is 1. The molecule has 0 bridgehead atoms. The zero-order chi connectivity index (χ0) is 17.3. The second kappa shape index (κ2) is 6.65. The first-order chi connectivity index (χ1) is 11.5. The van der Waals surface area contributed by atoms with Crippen LogP contribution in [0.4, 0.5) is 0 Å². The summed E-state index contributed by atoms with van der Waals surface area (Å²) in [6.07, 6.45) is -0.547. The first kappa shape index (κ1) is 16.5. The minimum atomic E-state index is -0.547. The van der Waals surface area contributed by atoms with E-state index in [1.54, 1.807) is 12.1 Å². The molecule has 2 aromatic rings. The molecule has 1 atom stereocenters. The molecule has 0 N–H and O–H groups in total. The largest absolute Gasteiger partial charge is 0.446 e. The van der Waals surface area contributed by atoms with Gasteiger partial charge >= 0.3 is 0 Å². The van der Waals surface area contributed by atoms with E-state index >= 15 is 0 Å². The molecule has 1 aliphatic heterocycles. The van der Waals surface area contributed by atoms with Crippen LogP contribution in [0.5, 0.6) is 0 Å². The molecule has 2 aromatic carbocycles. The van der Waals surface area contributed by atoms with Gasteiger partial charge in [0.25, 0.3) is 0 Å². The zero-order valence-corrected chi connectivity index (χ0v) is 14.6. The third kappa shape index (κ3) is 3.29. The van der Waals surface area contributed by atoms with Gasteiger partial charge in [-0.2, -0.15) is 5.01 Å². The molecule has 124 valence electrons. The quantitative estimate of drug-likeness (QED) is 0.811. The fraction of sp³-hybridized carbons (Fsp3) is 0.263. The van der Waals surface area contributed by atoms with E-state index in [0.29, 0.717) is 16.8 Å². The van der Waals surface area contributed by atoms with Crippen molar-refractivity contribution < 1.29 is 9.53 Å². The molecule has 0 radical (unpaired) electrons. The van der Waals surface area contributed by atoms with Gasteiger partial charge in [-0.25, -0.2) is 0 Å². The molecular weight excluding hydrogens is 324 g/mol. The number of amides is 1. The van der Waals surface area contributed by atoms with E-state index in [4.69, 9.17) is 16.3 Å². The van der Waals surface area contributed by atoms with Crippen LogP contribution < -0.4 is 0 Å². The van der Waals surface area contributed by atoms with Gasteiger partial charge < -0.3 is 4.74 Å². The van der Waals surface area contributed by atoms with Gasteiger partial charge in [-0.1, -0.05) is 49.7 Å². The maximum Gasteiger partial charge on any atom is 0.243 e. The Bertz CT molecular complexity index is 767. The van der Waals surface area contributed by atoms with Crippen molar-refractivity contribution in [3.8, 4) is 0 Å². The van der Waals surface area contributed by atoms with Gasteiger partial charge in [0, 0.05) is 23.1 Å². The van der Waals surface area contributed by atoms with Gasteiger partial charge in [-0.3, -0.25) is 4.79 Å². The standard InChI is InChI=1S/C19H19ClN2O2/c1-12(2)14-4-6-16(7-5-14)19-22(13(3)23)21-18(24-19)15-8-10-17(20)11-9-15/h4-12,19H,1-3H3/t19-/m1/s1. The number of rotatable bonds is 3. The highest BCUT2D eigenvalue weighted by Gasteiger charge is 2.32. The molecule has 1 amide bonds. The molecule has 0 spiro atoms. The monoisotopic (exact) mass is 342 g/mol. The first-order valence-electron chi connectivity index (χ1n) is 7.86. The molecule has 0 saturated heterocycles. The Labute approximate surface area is 146 Å². The van der Waals surface area contributed by atoms with E-state index in [1.807, 2.05) is 24.3 Å². The fourth-order valence-electron chi connectivity index (χ4n) is 2.54. The molecule has 0 unspecified atom stereocenters. The maximum absolute atomic E-state index is 12.0. The number of hydrogen-bond acceptors (Lipinski definition) is 3. The summed E-state index contributed by atoms with van der Waals surface area (Å²) in [4.78, 5) is 12.0. The number of hydrogen-bond donors (Lipinski definition) is 0. The fourth-order valence-corrected chi connectivity index (χ4v) is 2.66. The molecule has 1 aliphatic rings. The van der Waals surface area contributed by atoms with Crippen LogP contribution in [0.3, 0.4) is 0 Å². The van der Waals surface area contributed by atoms with Crippen LogP contribution in [-0.2, 0) is 9.53 Å². The lowest BCUT2D eigenvalue weighted by Gasteiger charge is -2.19. The Kier molecular flexibility index (Phi) is 4.58. The number of halogens is 1. The zero-order valence-electron chi connectivity index (χ0n) is 13.9. The minimum Gasteiger partial charge on any atom is -0.446 e. The van der Waals surface area contributed by atoms with E-state index in [2.05, 4.69) is 31.1 Å². The van der Waals surface area contributed by atoms with Crippen LogP contribution in [0.1, 0.15) is 49.6 Å². The molecule has 0 saturated carbocycles. The van der Waals surface area contributed by atoms with E-state index in [0.717, 1.165) is 11.1 Å². The topological polar surface area (TPSA) is 41.9 Å². The van der Waals surface area contributed by atoms with Crippen LogP contribution in [0.15, 0.2) is 53.6 Å². The lowest BCUT2D eigenvalue weighted by molar-refractivity contribution is -0.135. The summed E-state index contributed by atoms with van der Waals surface area (Å²) in [6.45, 7) is 5.77. The van der Waals surface area contributed by atoms with Crippen LogP contribution >= 0.6 is 11.6 Å².